The molecule has 6 heteroatoms. The average Bonchev–Trinajstić information content (AvgIpc) is 3.39. The first-order valence-electron chi connectivity index (χ1n) is 9.84. The highest BCUT2D eigenvalue weighted by Crippen LogP contribution is 2.33. The van der Waals surface area contributed by atoms with Gasteiger partial charge in [-0.1, -0.05) is 18.2 Å². The van der Waals surface area contributed by atoms with Gasteiger partial charge in [-0.2, -0.15) is 0 Å². The highest BCUT2D eigenvalue weighted by Gasteiger charge is 2.34. The van der Waals surface area contributed by atoms with Crippen LogP contribution >= 0.6 is 24.0 Å². The van der Waals surface area contributed by atoms with E-state index in [2.05, 4.69) is 40.7 Å². The molecule has 0 radical (unpaired) electrons. The van der Waals surface area contributed by atoms with Crippen LogP contribution < -0.4 is 15.4 Å². The van der Waals surface area contributed by atoms with Crippen molar-refractivity contribution in [1.29, 1.82) is 0 Å². The maximum atomic E-state index is 5.77. The van der Waals surface area contributed by atoms with Crippen molar-refractivity contribution in [2.24, 2.45) is 4.99 Å². The summed E-state index contributed by atoms with van der Waals surface area (Å²) in [6.45, 7) is 7.03. The molecule has 1 saturated carbocycles. The number of nitrogens with one attached hydrogen (secondary N) is 2. The Morgan fingerprint density at radius 2 is 2.08 bits per heavy atom. The number of rotatable bonds is 5. The molecule has 0 amide bonds. The zero-order valence-electron chi connectivity index (χ0n) is 15.6. The quantitative estimate of drug-likeness (QED) is 0.395. The van der Waals surface area contributed by atoms with Gasteiger partial charge in [-0.25, -0.2) is 0 Å². The fraction of sp³-hybridized carbons (Fsp3) is 0.650. The smallest absolute Gasteiger partial charge is 0.191 e. The topological polar surface area (TPSA) is 48.9 Å². The molecule has 2 fully saturated rings. The molecular formula is C20H31IN4O. The molecule has 144 valence electrons. The van der Waals surface area contributed by atoms with Crippen LogP contribution in [0, 0.1) is 0 Å². The van der Waals surface area contributed by atoms with Gasteiger partial charge in [-0.3, -0.25) is 9.89 Å². The number of guanidine groups is 1. The van der Waals surface area contributed by atoms with Crippen molar-refractivity contribution in [3.05, 3.63) is 29.8 Å². The molecular weight excluding hydrogens is 439 g/mol. The first kappa shape index (κ1) is 19.7. The number of halogens is 1. The van der Waals surface area contributed by atoms with Crippen LogP contribution in [0.2, 0.25) is 0 Å². The van der Waals surface area contributed by atoms with Gasteiger partial charge in [-0.05, 0) is 44.2 Å². The predicted molar refractivity (Wildman–Crippen MR) is 117 cm³/mol. The molecule has 1 aromatic rings. The molecule has 5 nitrogen and oxygen atoms in total. The van der Waals surface area contributed by atoms with E-state index < -0.39 is 0 Å². The maximum absolute atomic E-state index is 5.77. The van der Waals surface area contributed by atoms with Gasteiger partial charge in [-0.15, -0.1) is 24.0 Å². The van der Waals surface area contributed by atoms with Gasteiger partial charge >= 0.3 is 0 Å². The van der Waals surface area contributed by atoms with Gasteiger partial charge in [0, 0.05) is 44.2 Å². The molecule has 0 aromatic heterocycles. The predicted octanol–water partition coefficient (Wildman–Crippen LogP) is 2.96. The normalized spacial score (nSPS) is 25.8. The number of hydrogen-bond acceptors (Lipinski definition) is 3. The molecule has 2 atom stereocenters. The number of hydrogen-bond donors (Lipinski definition) is 2. The summed E-state index contributed by atoms with van der Waals surface area (Å²) in [4.78, 5) is 7.54. The summed E-state index contributed by atoms with van der Waals surface area (Å²) < 4.78 is 5.77. The number of nitrogens with zero attached hydrogens (tertiary/aromatic N) is 2. The van der Waals surface area contributed by atoms with Crippen molar-refractivity contribution in [2.75, 3.05) is 32.8 Å². The third kappa shape index (κ3) is 4.82. The number of para-hydroxylation sites is 1. The zero-order chi connectivity index (χ0) is 17.1. The highest BCUT2D eigenvalue weighted by atomic mass is 127. The molecule has 2 unspecified atom stereocenters. The van der Waals surface area contributed by atoms with Crippen molar-refractivity contribution < 1.29 is 4.74 Å². The maximum Gasteiger partial charge on any atom is 0.191 e. The second-order valence-electron chi connectivity index (χ2n) is 7.45. The summed E-state index contributed by atoms with van der Waals surface area (Å²) in [5, 5.41) is 7.08. The Morgan fingerprint density at radius 1 is 1.23 bits per heavy atom. The largest absolute Gasteiger partial charge is 0.493 e. The first-order valence-corrected chi connectivity index (χ1v) is 9.84. The molecule has 1 aliphatic carbocycles. The summed E-state index contributed by atoms with van der Waals surface area (Å²) in [7, 11) is 0. The number of aliphatic imine (C=N–C) groups is 1. The highest BCUT2D eigenvalue weighted by molar-refractivity contribution is 14.0. The lowest BCUT2D eigenvalue weighted by Crippen LogP contribution is -2.45. The molecule has 2 aliphatic heterocycles. The van der Waals surface area contributed by atoms with Crippen LogP contribution in [0.4, 0.5) is 0 Å². The van der Waals surface area contributed by atoms with Crippen LogP contribution in [0.15, 0.2) is 29.3 Å². The van der Waals surface area contributed by atoms with Gasteiger partial charge in [0.25, 0.3) is 0 Å². The Labute approximate surface area is 174 Å². The van der Waals surface area contributed by atoms with Crippen LogP contribution in [0.5, 0.6) is 5.75 Å². The Balaban J connectivity index is 0.00000196. The molecule has 4 rings (SSSR count). The van der Waals surface area contributed by atoms with Crippen molar-refractivity contribution in [3.8, 4) is 5.75 Å². The van der Waals surface area contributed by atoms with Gasteiger partial charge in [0.1, 0.15) is 5.75 Å². The third-order valence-electron chi connectivity index (χ3n) is 5.52. The van der Waals surface area contributed by atoms with Crippen molar-refractivity contribution >= 4 is 29.9 Å². The molecule has 3 aliphatic rings. The van der Waals surface area contributed by atoms with Crippen molar-refractivity contribution in [2.45, 2.75) is 50.6 Å². The van der Waals surface area contributed by atoms with Gasteiger partial charge in [0.15, 0.2) is 5.96 Å². The van der Waals surface area contributed by atoms with E-state index in [-0.39, 0.29) is 24.0 Å². The molecule has 0 bridgehead atoms. The van der Waals surface area contributed by atoms with Crippen LogP contribution in [0.1, 0.15) is 44.1 Å². The second kappa shape index (κ2) is 9.26. The van der Waals surface area contributed by atoms with Gasteiger partial charge in [0.05, 0.1) is 6.61 Å². The molecule has 0 spiro atoms. The fourth-order valence-corrected chi connectivity index (χ4v) is 4.00. The summed E-state index contributed by atoms with van der Waals surface area (Å²) in [5.74, 6) is 2.45. The van der Waals surface area contributed by atoms with Gasteiger partial charge < -0.3 is 15.4 Å². The molecule has 26 heavy (non-hydrogen) atoms. The summed E-state index contributed by atoms with van der Waals surface area (Å²) >= 11 is 0. The van der Waals surface area contributed by atoms with E-state index in [1.165, 1.54) is 31.4 Å². The lowest BCUT2D eigenvalue weighted by atomic mass is 9.93. The molecule has 1 saturated heterocycles. The van der Waals surface area contributed by atoms with Crippen LogP contribution in [-0.2, 0) is 0 Å². The first-order chi connectivity index (χ1) is 12.3. The van der Waals surface area contributed by atoms with Crippen LogP contribution in [-0.4, -0.2) is 55.7 Å². The lowest BCUT2D eigenvalue weighted by Gasteiger charge is -2.25. The SMILES string of the molecule is CCNC(=NCC1CCOc2ccccc21)NC1CCN(C2CC2)C1.I. The van der Waals surface area contributed by atoms with Crippen molar-refractivity contribution in [1.82, 2.24) is 15.5 Å². The van der Waals surface area contributed by atoms with E-state index in [9.17, 15) is 0 Å². The van der Waals surface area contributed by atoms with E-state index in [0.717, 1.165) is 50.4 Å². The Morgan fingerprint density at radius 3 is 2.88 bits per heavy atom. The second-order valence-corrected chi connectivity index (χ2v) is 7.45. The lowest BCUT2D eigenvalue weighted by molar-refractivity contribution is 0.269. The molecule has 2 heterocycles. The fourth-order valence-electron chi connectivity index (χ4n) is 4.00. The minimum absolute atomic E-state index is 0. The number of fused-ring (bicyclic) bond motifs is 1. The Hall–Kier alpha value is -1.02. The number of ether oxygens (including phenoxy) is 1. The molecule has 1 aromatic carbocycles. The minimum Gasteiger partial charge on any atom is -0.493 e. The Kier molecular flexibility index (Phi) is 7.03. The standard InChI is InChI=1S/C20H30N4O.HI/c1-2-21-20(23-16-9-11-24(14-16)17-7-8-17)22-13-15-10-12-25-19-6-4-3-5-18(15)19;/h3-6,15-17H,2,7-14H2,1H3,(H2,21,22,23);1H. The van der Waals surface area contributed by atoms with Crippen LogP contribution in [0.25, 0.3) is 0 Å². The summed E-state index contributed by atoms with van der Waals surface area (Å²) in [6, 6.07) is 9.78. The summed E-state index contributed by atoms with van der Waals surface area (Å²) in [5.41, 5.74) is 1.30. The number of likely N-dealkylation sites (tertiary alicyclic amines) is 1. The van der Waals surface area contributed by atoms with E-state index in [1.807, 2.05) is 6.07 Å². The van der Waals surface area contributed by atoms with E-state index >= 15 is 0 Å². The summed E-state index contributed by atoms with van der Waals surface area (Å²) in [6.07, 6.45) is 5.05. The molecule has 2 N–H and O–H groups in total. The average molecular weight is 470 g/mol. The van der Waals surface area contributed by atoms with E-state index in [4.69, 9.17) is 9.73 Å². The third-order valence-corrected chi connectivity index (χ3v) is 5.52. The van der Waals surface area contributed by atoms with Crippen LogP contribution in [0.3, 0.4) is 0 Å². The van der Waals surface area contributed by atoms with E-state index in [0.29, 0.717) is 12.0 Å². The monoisotopic (exact) mass is 470 g/mol. The Bertz CT molecular complexity index is 620. The number of benzene rings is 1. The minimum atomic E-state index is 0. The van der Waals surface area contributed by atoms with Crippen molar-refractivity contribution in [3.63, 3.8) is 0 Å². The van der Waals surface area contributed by atoms with E-state index in [1.54, 1.807) is 0 Å². The zero-order valence-corrected chi connectivity index (χ0v) is 17.9. The van der Waals surface area contributed by atoms with Gasteiger partial charge in [0.2, 0.25) is 0 Å².